The highest BCUT2D eigenvalue weighted by Gasteiger charge is 2.01. The minimum absolute atomic E-state index is 0.433. The van der Waals surface area contributed by atoms with Gasteiger partial charge in [-0.2, -0.15) is 5.26 Å². The Morgan fingerprint density at radius 3 is 2.44 bits per heavy atom. The van der Waals surface area contributed by atoms with E-state index in [0.29, 0.717) is 16.3 Å². The van der Waals surface area contributed by atoms with Gasteiger partial charge in [0.1, 0.15) is 6.07 Å². The molecular weight excluding hydrogens is 251 g/mol. The van der Waals surface area contributed by atoms with Crippen LogP contribution in [-0.4, -0.2) is 12.5 Å². The van der Waals surface area contributed by atoms with Crippen LogP contribution in [0.5, 0.6) is 0 Å². The van der Waals surface area contributed by atoms with E-state index in [0.717, 1.165) is 5.56 Å². The lowest BCUT2D eigenvalue weighted by Gasteiger charge is -2.00. The Kier molecular flexibility index (Phi) is 6.31. The summed E-state index contributed by atoms with van der Waals surface area (Å²) < 4.78 is 3.88. The van der Waals surface area contributed by atoms with Gasteiger partial charge in [-0.25, -0.2) is 4.79 Å². The van der Waals surface area contributed by atoms with E-state index >= 15 is 0 Å². The SMILES string of the molecule is COC(=O)Cl.Cc1cc(C#N)c(N)cc1Cl. The molecule has 0 saturated carbocycles. The smallest absolute Gasteiger partial charge is 0.403 e. The quantitative estimate of drug-likeness (QED) is 0.575. The summed E-state index contributed by atoms with van der Waals surface area (Å²) in [5.41, 5.74) is 6.51. The average molecular weight is 261 g/mol. The van der Waals surface area contributed by atoms with Crippen molar-refractivity contribution in [2.24, 2.45) is 0 Å². The first-order valence-electron chi connectivity index (χ1n) is 4.11. The van der Waals surface area contributed by atoms with Gasteiger partial charge in [0.15, 0.2) is 0 Å². The number of rotatable bonds is 0. The van der Waals surface area contributed by atoms with Crippen molar-refractivity contribution in [3.05, 3.63) is 28.3 Å². The van der Waals surface area contributed by atoms with E-state index in [2.05, 4.69) is 16.3 Å². The summed E-state index contributed by atoms with van der Waals surface area (Å²) in [6.45, 7) is 1.84. The standard InChI is InChI=1S/C8H7ClN2.C2H3ClO2/c1-5-2-6(4-10)8(11)3-7(5)9;1-5-2(3)4/h2-3H,11H2,1H3;1H3. The molecule has 4 nitrogen and oxygen atoms in total. The van der Waals surface area contributed by atoms with Crippen LogP contribution in [-0.2, 0) is 4.74 Å². The fraction of sp³-hybridized carbons (Fsp3) is 0.200. The van der Waals surface area contributed by atoms with Gasteiger partial charge in [-0.3, -0.25) is 0 Å². The molecule has 0 heterocycles. The van der Waals surface area contributed by atoms with Crippen LogP contribution < -0.4 is 5.73 Å². The molecule has 0 spiro atoms. The molecule has 0 radical (unpaired) electrons. The fourth-order valence-electron chi connectivity index (χ4n) is 0.794. The summed E-state index contributed by atoms with van der Waals surface area (Å²) in [5, 5.41) is 9.16. The molecule has 0 fully saturated rings. The zero-order valence-electron chi connectivity index (χ0n) is 8.75. The third-order valence-corrected chi connectivity index (χ3v) is 2.17. The van der Waals surface area contributed by atoms with Gasteiger partial charge in [-0.15, -0.1) is 0 Å². The lowest BCUT2D eigenvalue weighted by Crippen LogP contribution is -1.91. The Balaban J connectivity index is 0.000000385. The molecule has 0 atom stereocenters. The van der Waals surface area contributed by atoms with Gasteiger partial charge in [0.2, 0.25) is 0 Å². The van der Waals surface area contributed by atoms with Crippen molar-refractivity contribution in [2.75, 3.05) is 12.8 Å². The van der Waals surface area contributed by atoms with Crippen molar-refractivity contribution in [2.45, 2.75) is 6.92 Å². The van der Waals surface area contributed by atoms with E-state index in [-0.39, 0.29) is 0 Å². The predicted molar refractivity (Wildman–Crippen MR) is 63.6 cm³/mol. The number of nitriles is 1. The number of carbonyl (C=O) groups is 1. The fourth-order valence-corrected chi connectivity index (χ4v) is 0.966. The number of halogens is 2. The summed E-state index contributed by atoms with van der Waals surface area (Å²) in [6.07, 6.45) is 0. The molecule has 86 valence electrons. The van der Waals surface area contributed by atoms with E-state index in [1.54, 1.807) is 12.1 Å². The topological polar surface area (TPSA) is 76.1 Å². The molecule has 0 aliphatic rings. The molecule has 0 unspecified atom stereocenters. The molecule has 1 aromatic carbocycles. The zero-order valence-corrected chi connectivity index (χ0v) is 10.3. The number of nitrogens with zero attached hydrogens (tertiary/aromatic N) is 1. The van der Waals surface area contributed by atoms with E-state index in [4.69, 9.17) is 22.6 Å². The van der Waals surface area contributed by atoms with Crippen LogP contribution in [0.2, 0.25) is 5.02 Å². The summed E-state index contributed by atoms with van der Waals surface area (Å²) in [6, 6.07) is 5.25. The van der Waals surface area contributed by atoms with Crippen LogP contribution in [0.3, 0.4) is 0 Å². The second-order valence-electron chi connectivity index (χ2n) is 2.74. The predicted octanol–water partition coefficient (Wildman–Crippen LogP) is 3.09. The maximum Gasteiger partial charge on any atom is 0.403 e. The van der Waals surface area contributed by atoms with Gasteiger partial charge >= 0.3 is 5.43 Å². The monoisotopic (exact) mass is 260 g/mol. The summed E-state index contributed by atoms with van der Waals surface area (Å²) in [4.78, 5) is 9.36. The van der Waals surface area contributed by atoms with Crippen molar-refractivity contribution < 1.29 is 9.53 Å². The largest absolute Gasteiger partial charge is 0.457 e. The summed E-state index contributed by atoms with van der Waals surface area (Å²) in [7, 11) is 1.22. The van der Waals surface area contributed by atoms with Crippen molar-refractivity contribution in [3.8, 4) is 6.07 Å². The number of hydrogen-bond donors (Lipinski definition) is 1. The van der Waals surface area contributed by atoms with E-state index < -0.39 is 5.43 Å². The van der Waals surface area contributed by atoms with Crippen molar-refractivity contribution in [3.63, 3.8) is 0 Å². The number of ether oxygens (including phenoxy) is 1. The molecule has 0 aliphatic carbocycles. The first kappa shape index (κ1) is 14.6. The van der Waals surface area contributed by atoms with Crippen molar-refractivity contribution in [1.82, 2.24) is 0 Å². The molecule has 16 heavy (non-hydrogen) atoms. The molecule has 2 N–H and O–H groups in total. The van der Waals surface area contributed by atoms with Crippen LogP contribution in [0.1, 0.15) is 11.1 Å². The Bertz CT molecular complexity index is 428. The minimum atomic E-state index is -0.773. The van der Waals surface area contributed by atoms with Crippen molar-refractivity contribution in [1.29, 1.82) is 5.26 Å². The molecule has 0 aliphatic heterocycles. The number of nitrogen functional groups attached to an aromatic ring is 1. The summed E-state index contributed by atoms with van der Waals surface area (Å²) >= 11 is 10.4. The second-order valence-corrected chi connectivity index (χ2v) is 3.46. The Morgan fingerprint density at radius 2 is 2.06 bits per heavy atom. The highest BCUT2D eigenvalue weighted by molar-refractivity contribution is 6.61. The molecule has 1 rings (SSSR count). The summed E-state index contributed by atoms with van der Waals surface area (Å²) in [5.74, 6) is 0. The van der Waals surface area contributed by atoms with Crippen LogP contribution >= 0.6 is 23.2 Å². The van der Waals surface area contributed by atoms with Gasteiger partial charge in [-0.05, 0) is 24.6 Å². The number of benzene rings is 1. The maximum absolute atomic E-state index is 9.36. The Labute approximate surface area is 104 Å². The number of anilines is 1. The number of carbonyl (C=O) groups excluding carboxylic acids is 1. The van der Waals surface area contributed by atoms with Crippen molar-refractivity contribution >= 4 is 34.3 Å². The molecule has 0 aromatic heterocycles. The Hall–Kier alpha value is -1.44. The van der Waals surface area contributed by atoms with E-state index in [9.17, 15) is 4.79 Å². The van der Waals surface area contributed by atoms with Gasteiger partial charge in [0.05, 0.1) is 18.4 Å². The number of methoxy groups -OCH3 is 1. The first-order valence-corrected chi connectivity index (χ1v) is 4.87. The Morgan fingerprint density at radius 1 is 1.56 bits per heavy atom. The lowest BCUT2D eigenvalue weighted by molar-refractivity contribution is 0.198. The van der Waals surface area contributed by atoms with E-state index in [1.165, 1.54) is 7.11 Å². The van der Waals surface area contributed by atoms with Crippen LogP contribution in [0, 0.1) is 18.3 Å². The average Bonchev–Trinajstić information content (AvgIpc) is 2.24. The molecule has 0 bridgehead atoms. The minimum Gasteiger partial charge on any atom is -0.457 e. The van der Waals surface area contributed by atoms with E-state index in [1.807, 2.05) is 13.0 Å². The molecule has 6 heteroatoms. The molecule has 1 aromatic rings. The van der Waals surface area contributed by atoms with Crippen LogP contribution in [0.15, 0.2) is 12.1 Å². The van der Waals surface area contributed by atoms with Crippen LogP contribution in [0.25, 0.3) is 0 Å². The van der Waals surface area contributed by atoms with Gasteiger partial charge in [0, 0.05) is 16.6 Å². The molecular formula is C10H10Cl2N2O2. The molecule has 0 amide bonds. The molecule has 0 saturated heterocycles. The second kappa shape index (κ2) is 6.94. The zero-order chi connectivity index (χ0) is 12.7. The maximum atomic E-state index is 9.36. The number of nitrogens with two attached hydrogens (primary N) is 1. The third-order valence-electron chi connectivity index (χ3n) is 1.61. The van der Waals surface area contributed by atoms with Gasteiger partial charge in [-0.1, -0.05) is 11.6 Å². The number of aryl methyl sites for hydroxylation is 1. The highest BCUT2D eigenvalue weighted by Crippen LogP contribution is 2.21. The van der Waals surface area contributed by atoms with Crippen LogP contribution in [0.4, 0.5) is 10.5 Å². The third kappa shape index (κ3) is 4.87. The lowest BCUT2D eigenvalue weighted by atomic mass is 10.1. The van der Waals surface area contributed by atoms with Gasteiger partial charge in [0.25, 0.3) is 0 Å². The normalized spacial score (nSPS) is 8.44. The highest BCUT2D eigenvalue weighted by atomic mass is 35.5. The van der Waals surface area contributed by atoms with Gasteiger partial charge < -0.3 is 10.5 Å². The first-order chi connectivity index (χ1) is 7.42. The number of hydrogen-bond acceptors (Lipinski definition) is 4.